The Bertz CT molecular complexity index is 777. The van der Waals surface area contributed by atoms with Crippen LogP contribution in [0.5, 0.6) is 0 Å². The van der Waals surface area contributed by atoms with E-state index in [9.17, 15) is 0 Å². The van der Waals surface area contributed by atoms with Gasteiger partial charge in [0.05, 0.1) is 0 Å². The Balaban J connectivity index is 1.76. The molecule has 0 amide bonds. The summed E-state index contributed by atoms with van der Waals surface area (Å²) in [5, 5.41) is 9.82. The van der Waals surface area contributed by atoms with Gasteiger partial charge in [0.1, 0.15) is 17.6 Å². The maximum absolute atomic E-state index is 9.00. The highest BCUT2D eigenvalue weighted by atomic mass is 32.2. The Labute approximate surface area is 146 Å². The Morgan fingerprint density at radius 3 is 2.50 bits per heavy atom. The zero-order valence-electron chi connectivity index (χ0n) is 14.2. The lowest BCUT2D eigenvalue weighted by molar-refractivity contribution is 0.640. The number of nitrogens with zero attached hydrogens (tertiary/aromatic N) is 6. The summed E-state index contributed by atoms with van der Waals surface area (Å²) in [7, 11) is 0. The van der Waals surface area contributed by atoms with Crippen LogP contribution in [0, 0.1) is 25.2 Å². The van der Waals surface area contributed by atoms with Gasteiger partial charge in [-0.05, 0) is 32.2 Å². The van der Waals surface area contributed by atoms with Crippen molar-refractivity contribution in [3.8, 4) is 6.07 Å². The molecule has 0 N–H and O–H groups in total. The van der Waals surface area contributed by atoms with Crippen LogP contribution >= 0.6 is 11.8 Å². The van der Waals surface area contributed by atoms with Crippen molar-refractivity contribution in [2.75, 3.05) is 42.2 Å². The molecule has 2 aromatic rings. The van der Waals surface area contributed by atoms with E-state index in [1.165, 1.54) is 0 Å². The van der Waals surface area contributed by atoms with Crippen LogP contribution in [0.25, 0.3) is 0 Å². The summed E-state index contributed by atoms with van der Waals surface area (Å²) in [6.07, 6.45) is 3.70. The van der Waals surface area contributed by atoms with Crippen LogP contribution in [0.1, 0.15) is 17.0 Å². The number of rotatable bonds is 3. The molecule has 7 heteroatoms. The van der Waals surface area contributed by atoms with Gasteiger partial charge >= 0.3 is 0 Å². The highest BCUT2D eigenvalue weighted by molar-refractivity contribution is 7.98. The first-order chi connectivity index (χ1) is 11.6. The number of hydrogen-bond donors (Lipinski definition) is 0. The SMILES string of the molecule is CSc1nc(C)c(C)c(N2CCN(c3ccnc(C#N)c3)CC2)n1. The summed E-state index contributed by atoms with van der Waals surface area (Å²) in [6, 6.07) is 5.91. The van der Waals surface area contributed by atoms with Gasteiger partial charge in [0.15, 0.2) is 5.16 Å². The third-order valence-corrected chi connectivity index (χ3v) is 4.88. The summed E-state index contributed by atoms with van der Waals surface area (Å²) < 4.78 is 0. The van der Waals surface area contributed by atoms with Gasteiger partial charge in [-0.15, -0.1) is 0 Å². The predicted molar refractivity (Wildman–Crippen MR) is 96.7 cm³/mol. The van der Waals surface area contributed by atoms with Crippen molar-refractivity contribution >= 4 is 23.3 Å². The molecule has 1 saturated heterocycles. The third kappa shape index (κ3) is 3.29. The third-order valence-electron chi connectivity index (χ3n) is 4.33. The second-order valence-corrected chi connectivity index (χ2v) is 6.50. The maximum Gasteiger partial charge on any atom is 0.189 e. The van der Waals surface area contributed by atoms with E-state index in [2.05, 4.69) is 32.8 Å². The molecule has 0 aromatic carbocycles. The van der Waals surface area contributed by atoms with E-state index in [4.69, 9.17) is 10.2 Å². The molecule has 0 bridgehead atoms. The second kappa shape index (κ2) is 7.05. The fraction of sp³-hybridized carbons (Fsp3) is 0.412. The minimum absolute atomic E-state index is 0.460. The Kier molecular flexibility index (Phi) is 4.86. The van der Waals surface area contributed by atoms with Crippen LogP contribution in [-0.2, 0) is 0 Å². The smallest absolute Gasteiger partial charge is 0.189 e. The minimum atomic E-state index is 0.460. The zero-order valence-corrected chi connectivity index (χ0v) is 15.0. The predicted octanol–water partition coefficient (Wildman–Crippen LogP) is 2.41. The molecule has 24 heavy (non-hydrogen) atoms. The minimum Gasteiger partial charge on any atom is -0.368 e. The van der Waals surface area contributed by atoms with E-state index in [0.29, 0.717) is 5.69 Å². The lowest BCUT2D eigenvalue weighted by Gasteiger charge is -2.37. The molecule has 1 aliphatic rings. The summed E-state index contributed by atoms with van der Waals surface area (Å²) >= 11 is 1.57. The van der Waals surface area contributed by atoms with Gasteiger partial charge < -0.3 is 9.80 Å². The van der Waals surface area contributed by atoms with E-state index in [-0.39, 0.29) is 0 Å². The molecule has 0 atom stereocenters. The second-order valence-electron chi connectivity index (χ2n) is 5.73. The van der Waals surface area contributed by atoms with Crippen LogP contribution in [0.2, 0.25) is 0 Å². The van der Waals surface area contributed by atoms with Crippen molar-refractivity contribution in [1.29, 1.82) is 5.26 Å². The average molecular weight is 340 g/mol. The van der Waals surface area contributed by atoms with Crippen LogP contribution in [0.4, 0.5) is 11.5 Å². The fourth-order valence-corrected chi connectivity index (χ4v) is 3.25. The van der Waals surface area contributed by atoms with E-state index in [0.717, 1.165) is 54.1 Å². The Hall–Kier alpha value is -2.33. The van der Waals surface area contributed by atoms with Crippen LogP contribution < -0.4 is 9.80 Å². The quantitative estimate of drug-likeness (QED) is 0.628. The number of aryl methyl sites for hydroxylation is 1. The number of thioether (sulfide) groups is 1. The van der Waals surface area contributed by atoms with Crippen molar-refractivity contribution < 1.29 is 0 Å². The number of hydrogen-bond acceptors (Lipinski definition) is 7. The normalized spacial score (nSPS) is 14.6. The first-order valence-electron chi connectivity index (χ1n) is 7.87. The van der Waals surface area contributed by atoms with Crippen molar-refractivity contribution in [3.63, 3.8) is 0 Å². The molecule has 0 unspecified atom stereocenters. The van der Waals surface area contributed by atoms with Gasteiger partial charge in [-0.1, -0.05) is 11.8 Å². The van der Waals surface area contributed by atoms with Gasteiger partial charge in [-0.2, -0.15) is 5.26 Å². The topological polar surface area (TPSA) is 68.9 Å². The highest BCUT2D eigenvalue weighted by Crippen LogP contribution is 2.25. The van der Waals surface area contributed by atoms with Crippen LogP contribution in [0.15, 0.2) is 23.5 Å². The van der Waals surface area contributed by atoms with Crippen LogP contribution in [-0.4, -0.2) is 47.4 Å². The molecule has 0 saturated carbocycles. The molecule has 1 fully saturated rings. The molecule has 0 radical (unpaired) electrons. The van der Waals surface area contributed by atoms with Gasteiger partial charge in [-0.3, -0.25) is 0 Å². The molecule has 6 nitrogen and oxygen atoms in total. The first kappa shape index (κ1) is 16.5. The fourth-order valence-electron chi connectivity index (χ4n) is 2.84. The largest absolute Gasteiger partial charge is 0.368 e. The molecule has 1 aliphatic heterocycles. The monoisotopic (exact) mass is 340 g/mol. The van der Waals surface area contributed by atoms with Crippen molar-refractivity contribution in [2.45, 2.75) is 19.0 Å². The number of nitriles is 1. The summed E-state index contributed by atoms with van der Waals surface area (Å²) in [4.78, 5) is 17.9. The van der Waals surface area contributed by atoms with Gasteiger partial charge in [0, 0.05) is 49.3 Å². The van der Waals surface area contributed by atoms with Gasteiger partial charge in [0.25, 0.3) is 0 Å². The molecule has 0 spiro atoms. The molecule has 0 aliphatic carbocycles. The number of anilines is 2. The molecule has 2 aromatic heterocycles. The Morgan fingerprint density at radius 1 is 1.12 bits per heavy atom. The summed E-state index contributed by atoms with van der Waals surface area (Å²) in [6.45, 7) is 7.71. The molecule has 3 heterocycles. The Morgan fingerprint density at radius 2 is 1.83 bits per heavy atom. The summed E-state index contributed by atoms with van der Waals surface area (Å²) in [5.41, 5.74) is 3.71. The van der Waals surface area contributed by atoms with Crippen molar-refractivity contribution in [1.82, 2.24) is 15.0 Å². The molecule has 3 rings (SSSR count). The van der Waals surface area contributed by atoms with Gasteiger partial charge in [-0.25, -0.2) is 15.0 Å². The van der Waals surface area contributed by atoms with Gasteiger partial charge in [0.2, 0.25) is 0 Å². The highest BCUT2D eigenvalue weighted by Gasteiger charge is 2.21. The number of piperazine rings is 1. The summed E-state index contributed by atoms with van der Waals surface area (Å²) in [5.74, 6) is 1.04. The van der Waals surface area contributed by atoms with E-state index >= 15 is 0 Å². The molecular formula is C17H20N6S. The number of pyridine rings is 1. The van der Waals surface area contributed by atoms with E-state index in [1.807, 2.05) is 25.3 Å². The lowest BCUT2D eigenvalue weighted by Crippen LogP contribution is -2.47. The molecular weight excluding hydrogens is 320 g/mol. The average Bonchev–Trinajstić information content (AvgIpc) is 2.64. The van der Waals surface area contributed by atoms with E-state index < -0.39 is 0 Å². The van der Waals surface area contributed by atoms with E-state index in [1.54, 1.807) is 18.0 Å². The maximum atomic E-state index is 9.00. The van der Waals surface area contributed by atoms with Crippen molar-refractivity contribution in [3.05, 3.63) is 35.3 Å². The van der Waals surface area contributed by atoms with Crippen molar-refractivity contribution in [2.24, 2.45) is 0 Å². The zero-order chi connectivity index (χ0) is 17.1. The molecule has 124 valence electrons. The standard InChI is InChI=1S/C17H20N6S/c1-12-13(2)20-17(24-3)21-16(12)23-8-6-22(7-9-23)15-4-5-19-14(10-15)11-18/h4-5,10H,6-9H2,1-3H3. The number of aromatic nitrogens is 3. The van der Waals surface area contributed by atoms with Crippen LogP contribution in [0.3, 0.4) is 0 Å². The lowest BCUT2D eigenvalue weighted by atomic mass is 10.2. The first-order valence-corrected chi connectivity index (χ1v) is 9.10.